The lowest BCUT2D eigenvalue weighted by atomic mass is 10.1. The summed E-state index contributed by atoms with van der Waals surface area (Å²) in [4.78, 5) is 26.6. The topological polar surface area (TPSA) is 70.7 Å². The molecule has 148 valence electrons. The number of fused-ring (bicyclic) bond motifs is 1. The molecule has 0 unspecified atom stereocenters. The molecule has 0 aliphatic heterocycles. The Hall–Kier alpha value is -2.86. The van der Waals surface area contributed by atoms with Crippen LogP contribution in [-0.4, -0.2) is 43.5 Å². The zero-order valence-electron chi connectivity index (χ0n) is 16.5. The van der Waals surface area contributed by atoms with E-state index in [0.29, 0.717) is 18.0 Å². The fraction of sp³-hybridized carbons (Fsp3) is 0.364. The number of benzene rings is 2. The smallest absolute Gasteiger partial charge is 0.238 e. The van der Waals surface area contributed by atoms with Crippen LogP contribution in [0.2, 0.25) is 0 Å². The van der Waals surface area contributed by atoms with Crippen LogP contribution < -0.4 is 15.4 Å². The highest BCUT2D eigenvalue weighted by Crippen LogP contribution is 2.25. The van der Waals surface area contributed by atoms with Crippen LogP contribution in [0.15, 0.2) is 42.5 Å². The summed E-state index contributed by atoms with van der Waals surface area (Å²) < 4.78 is 5.25. The van der Waals surface area contributed by atoms with E-state index >= 15 is 0 Å². The fourth-order valence-electron chi connectivity index (χ4n) is 3.47. The van der Waals surface area contributed by atoms with E-state index in [-0.39, 0.29) is 24.9 Å². The van der Waals surface area contributed by atoms with Crippen molar-refractivity contribution in [2.24, 2.45) is 0 Å². The molecule has 0 aromatic heterocycles. The lowest BCUT2D eigenvalue weighted by Gasteiger charge is -2.20. The molecule has 28 heavy (non-hydrogen) atoms. The monoisotopic (exact) mass is 381 g/mol. The van der Waals surface area contributed by atoms with E-state index in [0.717, 1.165) is 18.5 Å². The maximum Gasteiger partial charge on any atom is 0.238 e. The lowest BCUT2D eigenvalue weighted by molar-refractivity contribution is -0.119. The number of nitrogens with zero attached hydrogens (tertiary/aromatic N) is 1. The Bertz CT molecular complexity index is 851. The average molecular weight is 381 g/mol. The number of anilines is 2. The number of methoxy groups -OCH3 is 1. The largest absolute Gasteiger partial charge is 0.495 e. The predicted octanol–water partition coefficient (Wildman–Crippen LogP) is 3.08. The molecule has 0 radical (unpaired) electrons. The van der Waals surface area contributed by atoms with E-state index in [1.807, 2.05) is 25.1 Å². The van der Waals surface area contributed by atoms with Gasteiger partial charge in [0.05, 0.1) is 25.9 Å². The molecule has 2 amide bonds. The van der Waals surface area contributed by atoms with Crippen LogP contribution in [0.5, 0.6) is 5.75 Å². The normalized spacial score (nSPS) is 12.5. The van der Waals surface area contributed by atoms with Gasteiger partial charge in [-0.1, -0.05) is 25.1 Å². The van der Waals surface area contributed by atoms with Crippen molar-refractivity contribution in [1.82, 2.24) is 4.90 Å². The molecule has 0 saturated heterocycles. The second kappa shape index (κ2) is 9.37. The number of aryl methyl sites for hydroxylation is 2. The van der Waals surface area contributed by atoms with Gasteiger partial charge in [0.15, 0.2) is 0 Å². The second-order valence-electron chi connectivity index (χ2n) is 6.94. The summed E-state index contributed by atoms with van der Waals surface area (Å²) in [6.07, 6.45) is 3.37. The summed E-state index contributed by atoms with van der Waals surface area (Å²) in [5.41, 5.74) is 4.14. The van der Waals surface area contributed by atoms with Crippen molar-refractivity contribution in [3.05, 3.63) is 53.6 Å². The van der Waals surface area contributed by atoms with Crippen molar-refractivity contribution in [3.63, 3.8) is 0 Å². The Morgan fingerprint density at radius 3 is 2.46 bits per heavy atom. The van der Waals surface area contributed by atoms with Crippen molar-refractivity contribution in [1.29, 1.82) is 0 Å². The van der Waals surface area contributed by atoms with E-state index in [9.17, 15) is 9.59 Å². The van der Waals surface area contributed by atoms with Crippen LogP contribution in [-0.2, 0) is 22.4 Å². The summed E-state index contributed by atoms with van der Waals surface area (Å²) in [6, 6.07) is 13.4. The summed E-state index contributed by atoms with van der Waals surface area (Å²) in [7, 11) is 1.56. The van der Waals surface area contributed by atoms with Crippen molar-refractivity contribution in [2.45, 2.75) is 26.2 Å². The molecule has 1 aliphatic rings. The second-order valence-corrected chi connectivity index (χ2v) is 6.94. The molecule has 1 aliphatic carbocycles. The molecule has 6 heteroatoms. The minimum atomic E-state index is -0.184. The minimum Gasteiger partial charge on any atom is -0.495 e. The van der Waals surface area contributed by atoms with Gasteiger partial charge >= 0.3 is 0 Å². The average Bonchev–Trinajstić information content (AvgIpc) is 3.15. The van der Waals surface area contributed by atoms with Crippen molar-refractivity contribution >= 4 is 23.2 Å². The number of likely N-dealkylation sites (N-methyl/N-ethyl adjacent to an activating group) is 1. The van der Waals surface area contributed by atoms with Gasteiger partial charge in [0.25, 0.3) is 0 Å². The molecule has 0 bridgehead atoms. The number of hydrogen-bond acceptors (Lipinski definition) is 4. The first-order valence-electron chi connectivity index (χ1n) is 9.66. The van der Waals surface area contributed by atoms with E-state index in [2.05, 4.69) is 22.8 Å². The van der Waals surface area contributed by atoms with E-state index in [1.54, 1.807) is 24.1 Å². The molecule has 6 nitrogen and oxygen atoms in total. The fourth-order valence-corrected chi connectivity index (χ4v) is 3.47. The van der Waals surface area contributed by atoms with Gasteiger partial charge in [-0.25, -0.2) is 0 Å². The summed E-state index contributed by atoms with van der Waals surface area (Å²) in [5.74, 6) is 0.301. The quantitative estimate of drug-likeness (QED) is 0.737. The number of para-hydroxylation sites is 2. The van der Waals surface area contributed by atoms with Gasteiger partial charge in [-0.05, 0) is 61.2 Å². The Balaban J connectivity index is 1.53. The van der Waals surface area contributed by atoms with Crippen molar-refractivity contribution in [3.8, 4) is 5.75 Å². The Kier molecular flexibility index (Phi) is 6.66. The van der Waals surface area contributed by atoms with Gasteiger partial charge in [0.1, 0.15) is 5.75 Å². The number of carbonyl (C=O) groups excluding carboxylic acids is 2. The first kappa shape index (κ1) is 19.9. The number of amides is 2. The van der Waals surface area contributed by atoms with Gasteiger partial charge < -0.3 is 15.4 Å². The highest BCUT2D eigenvalue weighted by atomic mass is 16.5. The van der Waals surface area contributed by atoms with Crippen LogP contribution in [0, 0.1) is 0 Å². The number of hydrogen-bond donors (Lipinski definition) is 2. The Morgan fingerprint density at radius 2 is 1.71 bits per heavy atom. The van der Waals surface area contributed by atoms with E-state index < -0.39 is 0 Å². The zero-order chi connectivity index (χ0) is 19.9. The van der Waals surface area contributed by atoms with Gasteiger partial charge in [0.2, 0.25) is 11.8 Å². The van der Waals surface area contributed by atoms with Gasteiger partial charge in [-0.2, -0.15) is 0 Å². The number of nitrogens with one attached hydrogen (secondary N) is 2. The first-order valence-corrected chi connectivity index (χ1v) is 9.66. The molecular formula is C22H27N3O3. The highest BCUT2D eigenvalue weighted by molar-refractivity contribution is 5.95. The molecule has 0 spiro atoms. The third kappa shape index (κ3) is 5.10. The predicted molar refractivity (Wildman–Crippen MR) is 111 cm³/mol. The Morgan fingerprint density at radius 1 is 1.00 bits per heavy atom. The summed E-state index contributed by atoms with van der Waals surface area (Å²) in [5, 5.41) is 5.79. The molecule has 2 N–H and O–H groups in total. The third-order valence-corrected chi connectivity index (χ3v) is 4.94. The standard InChI is InChI=1S/C22H27N3O3/c1-3-25(15-22(27)24-19-9-4-5-10-20(19)28-2)14-21(26)23-18-12-11-16-7-6-8-17(16)13-18/h4-5,9-13H,3,6-8,14-15H2,1-2H3,(H,23,26)(H,24,27). The molecule has 2 aromatic carbocycles. The zero-order valence-corrected chi connectivity index (χ0v) is 16.5. The molecule has 0 heterocycles. The molecule has 2 aromatic rings. The highest BCUT2D eigenvalue weighted by Gasteiger charge is 2.16. The van der Waals surface area contributed by atoms with Crippen LogP contribution in [0.4, 0.5) is 11.4 Å². The number of ether oxygens (including phenoxy) is 1. The molecule has 0 fully saturated rings. The number of carbonyl (C=O) groups is 2. The first-order chi connectivity index (χ1) is 13.6. The molecule has 3 rings (SSSR count). The van der Waals surface area contributed by atoms with Gasteiger partial charge in [-0.15, -0.1) is 0 Å². The Labute approximate surface area is 165 Å². The van der Waals surface area contributed by atoms with Crippen LogP contribution in [0.25, 0.3) is 0 Å². The molecule has 0 atom stereocenters. The van der Waals surface area contributed by atoms with Crippen LogP contribution in [0.3, 0.4) is 0 Å². The summed E-state index contributed by atoms with van der Waals surface area (Å²) >= 11 is 0. The number of rotatable bonds is 8. The van der Waals surface area contributed by atoms with Crippen LogP contribution in [0.1, 0.15) is 24.5 Å². The van der Waals surface area contributed by atoms with Crippen molar-refractivity contribution < 1.29 is 14.3 Å². The molecular weight excluding hydrogens is 354 g/mol. The maximum atomic E-state index is 12.4. The van der Waals surface area contributed by atoms with Crippen molar-refractivity contribution in [2.75, 3.05) is 37.4 Å². The third-order valence-electron chi connectivity index (χ3n) is 4.94. The molecule has 0 saturated carbocycles. The van der Waals surface area contributed by atoms with Gasteiger partial charge in [0, 0.05) is 5.69 Å². The van der Waals surface area contributed by atoms with E-state index in [4.69, 9.17) is 4.74 Å². The summed E-state index contributed by atoms with van der Waals surface area (Å²) in [6.45, 7) is 2.81. The SMILES string of the molecule is CCN(CC(=O)Nc1ccc2c(c1)CCC2)CC(=O)Nc1ccccc1OC. The van der Waals surface area contributed by atoms with Crippen LogP contribution >= 0.6 is 0 Å². The van der Waals surface area contributed by atoms with Gasteiger partial charge in [-0.3, -0.25) is 14.5 Å². The minimum absolute atomic E-state index is 0.120. The lowest BCUT2D eigenvalue weighted by Crippen LogP contribution is -2.38. The van der Waals surface area contributed by atoms with E-state index in [1.165, 1.54) is 17.5 Å². The maximum absolute atomic E-state index is 12.4.